The molecular weight excluding hydrogens is 463 g/mol. The second kappa shape index (κ2) is 10.0. The molecule has 1 aliphatic carbocycles. The molecule has 4 aromatic rings. The van der Waals surface area contributed by atoms with E-state index >= 15 is 0 Å². The van der Waals surface area contributed by atoms with Crippen LogP contribution in [0.4, 0.5) is 15.8 Å². The Bertz CT molecular complexity index is 1390. The van der Waals surface area contributed by atoms with Crippen molar-refractivity contribution in [1.29, 1.82) is 0 Å². The second-order valence-electron chi connectivity index (χ2n) is 8.95. The van der Waals surface area contributed by atoms with Crippen LogP contribution in [0.1, 0.15) is 50.2 Å². The molecule has 8 heteroatoms. The molecule has 0 aliphatic heterocycles. The van der Waals surface area contributed by atoms with Crippen molar-refractivity contribution in [1.82, 2.24) is 14.6 Å². The Hall–Kier alpha value is -3.45. The molecule has 35 heavy (non-hydrogen) atoms. The Morgan fingerprint density at radius 2 is 2.03 bits per heavy atom. The number of benzene rings is 1. The minimum Gasteiger partial charge on any atom is -0.383 e. The first kappa shape index (κ1) is 23.3. The maximum atomic E-state index is 13.8. The number of halogens is 2. The van der Waals surface area contributed by atoms with Crippen LogP contribution in [0.15, 0.2) is 60.1 Å². The quantitative estimate of drug-likeness (QED) is 0.238. The summed E-state index contributed by atoms with van der Waals surface area (Å²) in [6.07, 6.45) is 14.2. The molecule has 0 radical (unpaired) electrons. The van der Waals surface area contributed by atoms with E-state index in [2.05, 4.69) is 33.4 Å². The normalized spacial score (nSPS) is 15.0. The first-order valence-corrected chi connectivity index (χ1v) is 12.4. The van der Waals surface area contributed by atoms with Gasteiger partial charge in [-0.2, -0.15) is 5.10 Å². The lowest BCUT2D eigenvalue weighted by atomic mass is 9.95. The van der Waals surface area contributed by atoms with Crippen LogP contribution in [0.5, 0.6) is 0 Å². The number of aromatic nitrogens is 3. The molecule has 3 N–H and O–H groups in total. The molecule has 0 bridgehead atoms. The molecule has 0 atom stereocenters. The van der Waals surface area contributed by atoms with Gasteiger partial charge in [0.1, 0.15) is 11.7 Å². The van der Waals surface area contributed by atoms with E-state index in [-0.39, 0.29) is 11.5 Å². The third-order valence-electron chi connectivity index (χ3n) is 6.61. The van der Waals surface area contributed by atoms with Crippen LogP contribution in [0.25, 0.3) is 16.6 Å². The predicted molar refractivity (Wildman–Crippen MR) is 140 cm³/mol. The minimum absolute atomic E-state index is 0.228. The summed E-state index contributed by atoms with van der Waals surface area (Å²) in [5.74, 6) is -0.192. The Morgan fingerprint density at radius 1 is 1.20 bits per heavy atom. The standard InChI is InChI=1S/C27H28ClFN6/c1-2-17-14-31-11-10-21(17)18-12-25-26(33-20-6-4-3-5-7-20)22(15-32-35(25)16-18)27(30)34-24-13-19(29)8-9-23(24)28/h8-16,20,33H,2-7H2,1H3,(H2,30,34). The lowest BCUT2D eigenvalue weighted by Gasteiger charge is -2.25. The minimum atomic E-state index is -0.421. The van der Waals surface area contributed by atoms with Gasteiger partial charge in [0.15, 0.2) is 0 Å². The van der Waals surface area contributed by atoms with E-state index in [1.54, 1.807) is 6.20 Å². The van der Waals surface area contributed by atoms with Crippen LogP contribution in [0.3, 0.4) is 0 Å². The van der Waals surface area contributed by atoms with Gasteiger partial charge in [-0.15, -0.1) is 0 Å². The summed E-state index contributed by atoms with van der Waals surface area (Å²) in [4.78, 5) is 8.74. The van der Waals surface area contributed by atoms with E-state index in [1.165, 1.54) is 43.0 Å². The van der Waals surface area contributed by atoms with Gasteiger partial charge in [0.25, 0.3) is 0 Å². The number of anilines is 1. The van der Waals surface area contributed by atoms with E-state index in [0.717, 1.165) is 41.6 Å². The highest BCUT2D eigenvalue weighted by Gasteiger charge is 2.20. The van der Waals surface area contributed by atoms with E-state index in [9.17, 15) is 4.39 Å². The van der Waals surface area contributed by atoms with E-state index in [4.69, 9.17) is 17.3 Å². The summed E-state index contributed by atoms with van der Waals surface area (Å²) >= 11 is 6.25. The zero-order valence-electron chi connectivity index (χ0n) is 19.6. The highest BCUT2D eigenvalue weighted by atomic mass is 35.5. The number of amidine groups is 1. The highest BCUT2D eigenvalue weighted by molar-refractivity contribution is 6.33. The predicted octanol–water partition coefficient (Wildman–Crippen LogP) is 6.53. The second-order valence-corrected chi connectivity index (χ2v) is 9.36. The van der Waals surface area contributed by atoms with E-state index in [0.29, 0.717) is 16.6 Å². The van der Waals surface area contributed by atoms with Crippen molar-refractivity contribution in [3.05, 3.63) is 77.1 Å². The van der Waals surface area contributed by atoms with Gasteiger partial charge in [0.05, 0.1) is 33.7 Å². The van der Waals surface area contributed by atoms with Gasteiger partial charge in [0, 0.05) is 36.3 Å². The first-order valence-electron chi connectivity index (χ1n) is 12.0. The smallest absolute Gasteiger partial charge is 0.135 e. The van der Waals surface area contributed by atoms with Crippen molar-refractivity contribution in [3.8, 4) is 11.1 Å². The van der Waals surface area contributed by atoms with Gasteiger partial charge >= 0.3 is 0 Å². The fraction of sp³-hybridized carbons (Fsp3) is 0.296. The number of hydrogen-bond acceptors (Lipinski definition) is 4. The van der Waals surface area contributed by atoms with Crippen LogP contribution >= 0.6 is 11.6 Å². The van der Waals surface area contributed by atoms with Crippen LogP contribution in [0.2, 0.25) is 5.02 Å². The molecule has 1 fully saturated rings. The largest absolute Gasteiger partial charge is 0.383 e. The molecule has 3 heterocycles. The van der Waals surface area contributed by atoms with Gasteiger partial charge in [-0.3, -0.25) is 4.98 Å². The average Bonchev–Trinajstić information content (AvgIpc) is 3.32. The molecule has 1 saturated carbocycles. The van der Waals surface area contributed by atoms with E-state index < -0.39 is 5.82 Å². The molecule has 0 unspecified atom stereocenters. The Balaban J connectivity index is 1.64. The highest BCUT2D eigenvalue weighted by Crippen LogP contribution is 2.33. The SMILES string of the molecule is CCc1cnccc1-c1cc2c(NC3CCCCC3)c(C(N)=Nc3cc(F)ccc3Cl)cnn2c1. The molecule has 5 rings (SSSR count). The fourth-order valence-corrected chi connectivity index (χ4v) is 4.91. The third kappa shape index (κ3) is 4.86. The number of aliphatic imine (C=N–C) groups is 1. The van der Waals surface area contributed by atoms with Crippen LogP contribution in [-0.4, -0.2) is 26.5 Å². The zero-order chi connectivity index (χ0) is 24.4. The number of nitrogens with one attached hydrogen (secondary N) is 1. The summed E-state index contributed by atoms with van der Waals surface area (Å²) < 4.78 is 15.7. The molecule has 1 aliphatic rings. The summed E-state index contributed by atoms with van der Waals surface area (Å²) in [7, 11) is 0. The number of nitrogens with zero attached hydrogens (tertiary/aromatic N) is 4. The third-order valence-corrected chi connectivity index (χ3v) is 6.93. The van der Waals surface area contributed by atoms with Crippen LogP contribution in [-0.2, 0) is 6.42 Å². The Kier molecular flexibility index (Phi) is 6.68. The van der Waals surface area contributed by atoms with Crippen LogP contribution in [0, 0.1) is 5.82 Å². The molecule has 0 saturated heterocycles. The summed E-state index contributed by atoms with van der Waals surface area (Å²) in [5, 5.41) is 8.70. The molecule has 0 amide bonds. The van der Waals surface area contributed by atoms with Gasteiger partial charge in [-0.1, -0.05) is 37.8 Å². The lowest BCUT2D eigenvalue weighted by Crippen LogP contribution is -2.25. The number of nitrogens with two attached hydrogens (primary N) is 1. The number of pyridine rings is 1. The van der Waals surface area contributed by atoms with Gasteiger partial charge in [-0.25, -0.2) is 13.9 Å². The van der Waals surface area contributed by atoms with Crippen molar-refractivity contribution < 1.29 is 4.39 Å². The maximum Gasteiger partial charge on any atom is 0.135 e. The van der Waals surface area contributed by atoms with Crippen molar-refractivity contribution in [2.24, 2.45) is 10.7 Å². The summed E-state index contributed by atoms with van der Waals surface area (Å²) in [6.45, 7) is 2.12. The molecule has 6 nitrogen and oxygen atoms in total. The Morgan fingerprint density at radius 3 is 2.83 bits per heavy atom. The van der Waals surface area contributed by atoms with Crippen LogP contribution < -0.4 is 11.1 Å². The molecular formula is C27H28ClFN6. The number of hydrogen-bond donors (Lipinski definition) is 2. The van der Waals surface area contributed by atoms with Gasteiger partial charge in [-0.05, 0) is 54.7 Å². The summed E-state index contributed by atoms with van der Waals surface area (Å²) in [5.41, 5.74) is 12.6. The summed E-state index contributed by atoms with van der Waals surface area (Å²) in [6, 6.07) is 8.55. The molecule has 180 valence electrons. The van der Waals surface area contributed by atoms with E-state index in [1.807, 2.05) is 29.2 Å². The van der Waals surface area contributed by atoms with Gasteiger partial charge in [0.2, 0.25) is 0 Å². The lowest BCUT2D eigenvalue weighted by molar-refractivity contribution is 0.463. The van der Waals surface area contributed by atoms with Crippen molar-refractivity contribution in [3.63, 3.8) is 0 Å². The van der Waals surface area contributed by atoms with Crippen molar-refractivity contribution in [2.45, 2.75) is 51.5 Å². The number of aryl methyl sites for hydroxylation is 1. The van der Waals surface area contributed by atoms with Gasteiger partial charge < -0.3 is 11.1 Å². The van der Waals surface area contributed by atoms with Crippen molar-refractivity contribution in [2.75, 3.05) is 5.32 Å². The Labute approximate surface area is 209 Å². The fourth-order valence-electron chi connectivity index (χ4n) is 4.75. The first-order chi connectivity index (χ1) is 17.0. The molecule has 3 aromatic heterocycles. The average molecular weight is 491 g/mol. The number of rotatable bonds is 6. The molecule has 0 spiro atoms. The van der Waals surface area contributed by atoms with Crippen molar-refractivity contribution >= 4 is 34.3 Å². The number of fused-ring (bicyclic) bond motifs is 1. The zero-order valence-corrected chi connectivity index (χ0v) is 20.4. The monoisotopic (exact) mass is 490 g/mol. The topological polar surface area (TPSA) is 80.6 Å². The molecule has 1 aromatic carbocycles. The maximum absolute atomic E-state index is 13.8.